The van der Waals surface area contributed by atoms with Crippen molar-refractivity contribution in [2.75, 3.05) is 6.61 Å². The first-order chi connectivity index (χ1) is 11.3. The van der Waals surface area contributed by atoms with Crippen LogP contribution in [0.3, 0.4) is 0 Å². The van der Waals surface area contributed by atoms with Gasteiger partial charge in [0.05, 0.1) is 9.35 Å². The minimum atomic E-state index is -1.10. The number of benzene rings is 1. The first-order valence-electron chi connectivity index (χ1n) is 7.93. The Bertz CT molecular complexity index is 700. The number of ketones is 1. The summed E-state index contributed by atoms with van der Waals surface area (Å²) in [5.74, 6) is -0.655. The van der Waals surface area contributed by atoms with Gasteiger partial charge in [-0.1, -0.05) is 58.4 Å². The van der Waals surface area contributed by atoms with E-state index in [-0.39, 0.29) is 27.5 Å². The Morgan fingerprint density at radius 3 is 2.58 bits per heavy atom. The highest BCUT2D eigenvalue weighted by molar-refractivity contribution is 9.10. The Balaban J connectivity index is 1.95. The van der Waals surface area contributed by atoms with Crippen LogP contribution in [0, 0.1) is 5.92 Å². The summed E-state index contributed by atoms with van der Waals surface area (Å²) in [5, 5.41) is 9.00. The number of carboxylic acids is 1. The average Bonchev–Trinajstić information content (AvgIpc) is 2.82. The van der Waals surface area contributed by atoms with Crippen LogP contribution < -0.4 is 4.74 Å². The molecule has 3 rings (SSSR count). The maximum atomic E-state index is 13.0. The van der Waals surface area contributed by atoms with Gasteiger partial charge in [0, 0.05) is 5.56 Å². The number of hydrogen-bond acceptors (Lipinski definition) is 3. The second-order valence-corrected chi connectivity index (χ2v) is 8.59. The lowest BCUT2D eigenvalue weighted by molar-refractivity contribution is -0.139. The van der Waals surface area contributed by atoms with Crippen LogP contribution >= 0.6 is 39.1 Å². The molecule has 2 aliphatic carbocycles. The summed E-state index contributed by atoms with van der Waals surface area (Å²) in [6.45, 7) is -0.509. The average molecular weight is 436 g/mol. The van der Waals surface area contributed by atoms with Crippen molar-refractivity contribution in [1.29, 1.82) is 0 Å². The summed E-state index contributed by atoms with van der Waals surface area (Å²) in [5.41, 5.74) is 1.20. The molecule has 1 saturated carbocycles. The molecule has 1 fully saturated rings. The number of carbonyl (C=O) groups excluding carboxylic acids is 1. The zero-order valence-corrected chi connectivity index (χ0v) is 16.0. The maximum Gasteiger partial charge on any atom is 0.341 e. The van der Waals surface area contributed by atoms with Gasteiger partial charge in [-0.05, 0) is 36.8 Å². The summed E-state index contributed by atoms with van der Waals surface area (Å²) < 4.78 is 4.57. The van der Waals surface area contributed by atoms with Gasteiger partial charge in [0.2, 0.25) is 0 Å². The lowest BCUT2D eigenvalue weighted by Crippen LogP contribution is -2.38. The van der Waals surface area contributed by atoms with Gasteiger partial charge >= 0.3 is 5.97 Å². The summed E-state index contributed by atoms with van der Waals surface area (Å²) in [7, 11) is 0. The van der Waals surface area contributed by atoms with Crippen LogP contribution in [0.1, 0.15) is 48.0 Å². The molecule has 24 heavy (non-hydrogen) atoms. The molecule has 7 heteroatoms. The number of halogens is 3. The third kappa shape index (κ3) is 3.06. The van der Waals surface area contributed by atoms with Crippen LogP contribution in [0.5, 0.6) is 5.75 Å². The molecule has 0 bridgehead atoms. The highest BCUT2D eigenvalue weighted by Crippen LogP contribution is 2.51. The number of aliphatic carboxylic acids is 1. The zero-order valence-electron chi connectivity index (χ0n) is 12.9. The first-order valence-corrected chi connectivity index (χ1v) is 9.48. The van der Waals surface area contributed by atoms with Crippen LogP contribution in [0.15, 0.2) is 6.07 Å². The second kappa shape index (κ2) is 6.85. The lowest BCUT2D eigenvalue weighted by Gasteiger charge is -2.33. The van der Waals surface area contributed by atoms with E-state index < -0.39 is 16.9 Å². The molecule has 1 aromatic carbocycles. The highest BCUT2D eigenvalue weighted by atomic mass is 79.9. The predicted octanol–water partition coefficient (Wildman–Crippen LogP) is 4.91. The smallest absolute Gasteiger partial charge is 0.341 e. The molecule has 1 atom stereocenters. The van der Waals surface area contributed by atoms with Gasteiger partial charge in [0.15, 0.2) is 12.4 Å². The van der Waals surface area contributed by atoms with Gasteiger partial charge in [-0.25, -0.2) is 4.79 Å². The normalized spacial score (nSPS) is 24.0. The molecule has 0 radical (unpaired) electrons. The topological polar surface area (TPSA) is 63.6 Å². The first kappa shape index (κ1) is 18.0. The van der Waals surface area contributed by atoms with Crippen LogP contribution in [0.25, 0.3) is 0 Å². The summed E-state index contributed by atoms with van der Waals surface area (Å²) in [4.78, 5) is 23.7. The molecule has 2 aliphatic rings. The van der Waals surface area contributed by atoms with Gasteiger partial charge in [-0.3, -0.25) is 4.79 Å². The van der Waals surface area contributed by atoms with Gasteiger partial charge in [-0.15, -0.1) is 0 Å². The number of Topliss-reactive ketones (excluding diaryl/α,β-unsaturated/α-hetero) is 1. The Hall–Kier alpha value is -0.780. The number of hydrogen-bond donors (Lipinski definition) is 1. The molecule has 0 aliphatic heterocycles. The molecule has 0 heterocycles. The van der Waals surface area contributed by atoms with Crippen LogP contribution in [-0.4, -0.2) is 27.8 Å². The minimum absolute atomic E-state index is 0.0268. The van der Waals surface area contributed by atoms with Crippen LogP contribution in [-0.2, 0) is 11.2 Å². The van der Waals surface area contributed by atoms with Gasteiger partial charge in [0.25, 0.3) is 0 Å². The van der Waals surface area contributed by atoms with Gasteiger partial charge in [0.1, 0.15) is 10.8 Å². The van der Waals surface area contributed by atoms with Crippen molar-refractivity contribution >= 4 is 50.9 Å². The number of carboxylic acid groups (broad SMARTS) is 1. The predicted molar refractivity (Wildman–Crippen MR) is 95.9 cm³/mol. The lowest BCUT2D eigenvalue weighted by atomic mass is 9.78. The van der Waals surface area contributed by atoms with Crippen molar-refractivity contribution in [3.05, 3.63) is 27.2 Å². The van der Waals surface area contributed by atoms with Crippen molar-refractivity contribution in [2.24, 2.45) is 5.92 Å². The molecule has 0 aromatic heterocycles. The van der Waals surface area contributed by atoms with E-state index in [1.54, 1.807) is 6.07 Å². The third-order valence-electron chi connectivity index (χ3n) is 4.91. The summed E-state index contributed by atoms with van der Waals surface area (Å²) in [6.07, 6.45) is 6.01. The number of ether oxygens (including phenoxy) is 1. The Kier molecular flexibility index (Phi) is 5.14. The molecule has 0 amide bonds. The summed E-state index contributed by atoms with van der Waals surface area (Å²) in [6, 6.07) is 1.65. The Morgan fingerprint density at radius 1 is 1.29 bits per heavy atom. The van der Waals surface area contributed by atoms with E-state index in [4.69, 9.17) is 33.0 Å². The van der Waals surface area contributed by atoms with E-state index in [2.05, 4.69) is 15.9 Å². The fraction of sp³-hybridized carbons (Fsp3) is 0.529. The molecule has 1 aromatic rings. The summed E-state index contributed by atoms with van der Waals surface area (Å²) >= 11 is 16.2. The van der Waals surface area contributed by atoms with Crippen molar-refractivity contribution in [1.82, 2.24) is 0 Å². The number of alkyl halides is 1. The van der Waals surface area contributed by atoms with E-state index >= 15 is 0 Å². The number of carbonyl (C=O) groups is 2. The van der Waals surface area contributed by atoms with E-state index in [9.17, 15) is 9.59 Å². The van der Waals surface area contributed by atoms with E-state index in [0.29, 0.717) is 12.0 Å². The molecule has 4 nitrogen and oxygen atoms in total. The molecule has 1 N–H and O–H groups in total. The Morgan fingerprint density at radius 2 is 1.96 bits per heavy atom. The quantitative estimate of drug-likeness (QED) is 0.682. The van der Waals surface area contributed by atoms with E-state index in [1.165, 1.54) is 6.42 Å². The molecule has 1 unspecified atom stereocenters. The van der Waals surface area contributed by atoms with E-state index in [0.717, 1.165) is 31.2 Å². The number of fused-ring (bicyclic) bond motifs is 1. The fourth-order valence-corrected chi connectivity index (χ4v) is 5.20. The van der Waals surface area contributed by atoms with Crippen LogP contribution in [0.2, 0.25) is 10.0 Å². The maximum absolute atomic E-state index is 13.0. The van der Waals surface area contributed by atoms with Crippen molar-refractivity contribution in [3.8, 4) is 5.75 Å². The zero-order chi connectivity index (χ0) is 17.5. The third-order valence-corrected chi connectivity index (χ3v) is 7.05. The molecule has 130 valence electrons. The fourth-order valence-electron chi connectivity index (χ4n) is 3.74. The van der Waals surface area contributed by atoms with Gasteiger partial charge in [-0.2, -0.15) is 0 Å². The second-order valence-electron chi connectivity index (χ2n) is 6.42. The van der Waals surface area contributed by atoms with Gasteiger partial charge < -0.3 is 9.84 Å². The largest absolute Gasteiger partial charge is 0.480 e. The molecular formula is C17H17BrCl2O4. The molecule has 0 spiro atoms. The SMILES string of the molecule is O=C(O)COc1cc2c(c(Cl)c1Cl)C(=O)C(Br)(C1CCCCC1)C2. The van der Waals surface area contributed by atoms with E-state index in [1.807, 2.05) is 0 Å². The highest BCUT2D eigenvalue weighted by Gasteiger charge is 2.50. The Labute approximate surface area is 158 Å². The van der Waals surface area contributed by atoms with Crippen molar-refractivity contribution < 1.29 is 19.4 Å². The van der Waals surface area contributed by atoms with Crippen LogP contribution in [0.4, 0.5) is 0 Å². The standard InChI is InChI=1S/C17H17BrCl2O4/c18-17(10-4-2-1-3-5-10)7-9-6-11(24-8-12(21)22)14(19)15(20)13(9)16(17)23/h6,10H,1-5,7-8H2,(H,21,22). The monoisotopic (exact) mass is 434 g/mol. The molecule has 0 saturated heterocycles. The number of rotatable bonds is 4. The van der Waals surface area contributed by atoms with Crippen molar-refractivity contribution in [2.45, 2.75) is 42.8 Å². The van der Waals surface area contributed by atoms with Crippen molar-refractivity contribution in [3.63, 3.8) is 0 Å². The minimum Gasteiger partial charge on any atom is -0.480 e. The molecular weight excluding hydrogens is 419 g/mol.